The topological polar surface area (TPSA) is 33.1 Å². The van der Waals surface area contributed by atoms with Crippen molar-refractivity contribution in [1.29, 1.82) is 0 Å². The molecule has 0 unspecified atom stereocenters. The molecule has 0 aliphatic carbocycles. The summed E-state index contributed by atoms with van der Waals surface area (Å²) in [5.41, 5.74) is 1.54. The predicted octanol–water partition coefficient (Wildman–Crippen LogP) is 2.14. The minimum absolute atomic E-state index is 0.284. The highest BCUT2D eigenvalue weighted by Crippen LogP contribution is 2.15. The number of aromatic nitrogens is 2. The third-order valence-electron chi connectivity index (χ3n) is 2.96. The zero-order valence-electron chi connectivity index (χ0n) is 12.7. The van der Waals surface area contributed by atoms with E-state index in [9.17, 15) is 0 Å². The Labute approximate surface area is 111 Å². The summed E-state index contributed by atoms with van der Waals surface area (Å²) in [7, 11) is 4.24. The molecule has 104 valence electrons. The zero-order chi connectivity index (χ0) is 13.8. The normalized spacial score (nSPS) is 12.7. The van der Waals surface area contributed by atoms with E-state index in [0.717, 1.165) is 19.6 Å². The first-order valence-electron chi connectivity index (χ1n) is 6.68. The number of hydrogen-bond acceptors (Lipinski definition) is 3. The summed E-state index contributed by atoms with van der Waals surface area (Å²) < 4.78 is 2.21. The van der Waals surface area contributed by atoms with Gasteiger partial charge in [0.15, 0.2) is 0 Å². The van der Waals surface area contributed by atoms with Crippen LogP contribution >= 0.6 is 0 Å². The van der Waals surface area contributed by atoms with Gasteiger partial charge in [0.05, 0.1) is 12.0 Å². The summed E-state index contributed by atoms with van der Waals surface area (Å²) in [6.45, 7) is 11.9. The van der Waals surface area contributed by atoms with E-state index < -0.39 is 0 Å². The molecule has 4 heteroatoms. The molecule has 4 nitrogen and oxygen atoms in total. The molecule has 18 heavy (non-hydrogen) atoms. The van der Waals surface area contributed by atoms with Crippen LogP contribution in [0.25, 0.3) is 0 Å². The molecule has 0 amide bonds. The molecule has 1 aromatic heterocycles. The monoisotopic (exact) mass is 252 g/mol. The lowest BCUT2D eigenvalue weighted by atomic mass is 9.93. The van der Waals surface area contributed by atoms with E-state index in [1.54, 1.807) is 0 Å². The summed E-state index contributed by atoms with van der Waals surface area (Å²) in [5.74, 6) is 0. The maximum absolute atomic E-state index is 4.22. The van der Waals surface area contributed by atoms with E-state index in [2.05, 4.69) is 61.6 Å². The number of hydrogen-bond donors (Lipinski definition) is 1. The van der Waals surface area contributed by atoms with E-state index in [0.29, 0.717) is 6.04 Å². The highest BCUT2D eigenvalue weighted by atomic mass is 15.1. The van der Waals surface area contributed by atoms with Gasteiger partial charge in [0.25, 0.3) is 0 Å². The summed E-state index contributed by atoms with van der Waals surface area (Å²) >= 11 is 0. The molecular formula is C14H28N4. The van der Waals surface area contributed by atoms with Gasteiger partial charge in [0, 0.05) is 31.9 Å². The minimum atomic E-state index is 0.284. The van der Waals surface area contributed by atoms with Crippen LogP contribution in [0.4, 0.5) is 0 Å². The first kappa shape index (κ1) is 15.2. The second kappa shape index (κ2) is 6.34. The predicted molar refractivity (Wildman–Crippen MR) is 76.7 cm³/mol. The van der Waals surface area contributed by atoms with Gasteiger partial charge in [-0.25, -0.2) is 4.98 Å². The van der Waals surface area contributed by atoms with Crippen molar-refractivity contribution < 1.29 is 0 Å². The Balaban J connectivity index is 2.44. The lowest BCUT2D eigenvalue weighted by molar-refractivity contribution is 0.231. The van der Waals surface area contributed by atoms with Crippen LogP contribution in [0, 0.1) is 5.41 Å². The number of imidazole rings is 1. The van der Waals surface area contributed by atoms with Gasteiger partial charge in [-0.3, -0.25) is 0 Å². The number of nitrogens with one attached hydrogen (secondary N) is 1. The Morgan fingerprint density at radius 2 is 2.06 bits per heavy atom. The number of rotatable bonds is 7. The van der Waals surface area contributed by atoms with Crippen molar-refractivity contribution in [3.8, 4) is 0 Å². The quantitative estimate of drug-likeness (QED) is 0.807. The summed E-state index contributed by atoms with van der Waals surface area (Å²) in [5, 5.41) is 3.54. The molecular weight excluding hydrogens is 224 g/mol. The Morgan fingerprint density at radius 1 is 1.39 bits per heavy atom. The largest absolute Gasteiger partial charge is 0.331 e. The maximum Gasteiger partial charge on any atom is 0.0951 e. The van der Waals surface area contributed by atoms with Crippen LogP contribution in [-0.4, -0.2) is 41.6 Å². The highest BCUT2D eigenvalue weighted by Gasteiger charge is 2.18. The molecule has 0 saturated heterocycles. The van der Waals surface area contributed by atoms with Gasteiger partial charge in [-0.15, -0.1) is 0 Å². The Morgan fingerprint density at radius 3 is 2.61 bits per heavy atom. The van der Waals surface area contributed by atoms with Gasteiger partial charge in [-0.1, -0.05) is 13.8 Å². The lowest BCUT2D eigenvalue weighted by Gasteiger charge is -2.28. The molecule has 0 atom stereocenters. The van der Waals surface area contributed by atoms with Crippen molar-refractivity contribution in [1.82, 2.24) is 19.8 Å². The first-order valence-corrected chi connectivity index (χ1v) is 6.68. The van der Waals surface area contributed by atoms with E-state index in [-0.39, 0.29) is 5.41 Å². The molecule has 0 spiro atoms. The maximum atomic E-state index is 4.22. The van der Waals surface area contributed by atoms with E-state index >= 15 is 0 Å². The van der Waals surface area contributed by atoms with Gasteiger partial charge >= 0.3 is 0 Å². The van der Waals surface area contributed by atoms with E-state index in [4.69, 9.17) is 0 Å². The Bertz CT molecular complexity index is 352. The van der Waals surface area contributed by atoms with E-state index in [1.165, 1.54) is 5.69 Å². The van der Waals surface area contributed by atoms with Crippen molar-refractivity contribution in [2.75, 3.05) is 27.2 Å². The smallest absolute Gasteiger partial charge is 0.0951 e. The van der Waals surface area contributed by atoms with Crippen molar-refractivity contribution in [3.63, 3.8) is 0 Å². The molecule has 0 aliphatic rings. The van der Waals surface area contributed by atoms with Gasteiger partial charge in [0.1, 0.15) is 0 Å². The highest BCUT2D eigenvalue weighted by molar-refractivity contribution is 4.99. The molecule has 0 saturated carbocycles. The standard InChI is InChI=1S/C14H28N4/c1-12(2)18-11-16-8-13(18)7-15-9-14(3,4)10-17(5)6/h8,11-12,15H,7,9-10H2,1-6H3. The van der Waals surface area contributed by atoms with Crippen molar-refractivity contribution in [2.45, 2.75) is 40.3 Å². The van der Waals surface area contributed by atoms with E-state index in [1.807, 2.05) is 12.5 Å². The molecule has 1 rings (SSSR count). The average Bonchev–Trinajstić information content (AvgIpc) is 2.63. The number of nitrogens with zero attached hydrogens (tertiary/aromatic N) is 3. The fourth-order valence-electron chi connectivity index (χ4n) is 2.37. The average molecular weight is 252 g/mol. The van der Waals surface area contributed by atoms with Crippen molar-refractivity contribution >= 4 is 0 Å². The van der Waals surface area contributed by atoms with Crippen LogP contribution in [-0.2, 0) is 6.54 Å². The van der Waals surface area contributed by atoms with Crippen LogP contribution in [0.15, 0.2) is 12.5 Å². The third-order valence-corrected chi connectivity index (χ3v) is 2.96. The van der Waals surface area contributed by atoms with Crippen molar-refractivity contribution in [2.24, 2.45) is 5.41 Å². The second-order valence-electron chi connectivity index (χ2n) is 6.39. The van der Waals surface area contributed by atoms with Gasteiger partial charge in [0.2, 0.25) is 0 Å². The molecule has 0 aromatic carbocycles. The SMILES string of the molecule is CC(C)n1cncc1CNCC(C)(C)CN(C)C. The van der Waals surface area contributed by atoms with Crippen LogP contribution in [0.2, 0.25) is 0 Å². The fourth-order valence-corrected chi connectivity index (χ4v) is 2.37. The summed E-state index contributed by atoms with van der Waals surface area (Å²) in [4.78, 5) is 6.46. The molecule has 0 fully saturated rings. The minimum Gasteiger partial charge on any atom is -0.331 e. The summed E-state index contributed by atoms with van der Waals surface area (Å²) in [6, 6.07) is 0.471. The molecule has 0 bridgehead atoms. The first-order chi connectivity index (χ1) is 8.32. The Kier molecular flexibility index (Phi) is 5.35. The molecule has 0 aliphatic heterocycles. The van der Waals surface area contributed by atoms with Crippen LogP contribution in [0.5, 0.6) is 0 Å². The molecule has 1 N–H and O–H groups in total. The fraction of sp³-hybridized carbons (Fsp3) is 0.786. The van der Waals surface area contributed by atoms with Crippen LogP contribution in [0.1, 0.15) is 39.4 Å². The Hall–Kier alpha value is -0.870. The van der Waals surface area contributed by atoms with Gasteiger partial charge in [-0.05, 0) is 33.4 Å². The molecule has 1 heterocycles. The second-order valence-corrected chi connectivity index (χ2v) is 6.39. The van der Waals surface area contributed by atoms with Crippen molar-refractivity contribution in [3.05, 3.63) is 18.2 Å². The lowest BCUT2D eigenvalue weighted by Crippen LogP contribution is -2.37. The van der Waals surface area contributed by atoms with Gasteiger partial charge < -0.3 is 14.8 Å². The van der Waals surface area contributed by atoms with Crippen LogP contribution in [0.3, 0.4) is 0 Å². The third kappa shape index (κ3) is 4.78. The molecule has 0 radical (unpaired) electrons. The van der Waals surface area contributed by atoms with Gasteiger partial charge in [-0.2, -0.15) is 0 Å². The summed E-state index contributed by atoms with van der Waals surface area (Å²) in [6.07, 6.45) is 3.86. The zero-order valence-corrected chi connectivity index (χ0v) is 12.7. The van der Waals surface area contributed by atoms with Crippen LogP contribution < -0.4 is 5.32 Å². The molecule has 1 aromatic rings.